The summed E-state index contributed by atoms with van der Waals surface area (Å²) < 4.78 is 84.6. The monoisotopic (exact) mass is 268 g/mol. The van der Waals surface area contributed by atoms with Gasteiger partial charge in [-0.2, -0.15) is 26.3 Å². The number of rotatable bonds is 5. The Labute approximate surface area is 90.4 Å². The Hall–Kier alpha value is -1.19. The number of cyclic esters (lactones) is 2. The lowest BCUT2D eigenvalue weighted by atomic mass is 10.1. The minimum atomic E-state index is -5.36. The van der Waals surface area contributed by atoms with Gasteiger partial charge in [0.25, 0.3) is 0 Å². The summed E-state index contributed by atoms with van der Waals surface area (Å²) >= 11 is 0. The molecule has 4 nitrogen and oxygen atoms in total. The third-order valence-electron chi connectivity index (χ3n) is 1.80. The first-order valence-corrected chi connectivity index (χ1v) is 4.19. The normalized spacial score (nSPS) is 21.6. The molecule has 1 unspecified atom stereocenters. The molecular weight excluding hydrogens is 262 g/mol. The summed E-state index contributed by atoms with van der Waals surface area (Å²) in [6, 6.07) is 0. The average Bonchev–Trinajstić information content (AvgIpc) is 2.47. The highest BCUT2D eigenvalue weighted by atomic mass is 19.3. The van der Waals surface area contributed by atoms with Crippen molar-refractivity contribution < 1.29 is 45.3 Å². The zero-order valence-corrected chi connectivity index (χ0v) is 7.97. The predicted molar refractivity (Wildman–Crippen MR) is 37.8 cm³/mol. The van der Waals surface area contributed by atoms with E-state index >= 15 is 0 Å². The van der Waals surface area contributed by atoms with Crippen LogP contribution in [0.2, 0.25) is 0 Å². The second-order valence-electron chi connectivity index (χ2n) is 3.10. The van der Waals surface area contributed by atoms with Crippen LogP contribution in [0.4, 0.5) is 31.1 Å². The lowest BCUT2D eigenvalue weighted by molar-refractivity contribution is -0.396. The van der Waals surface area contributed by atoms with E-state index in [0.29, 0.717) is 0 Å². The van der Waals surface area contributed by atoms with E-state index in [1.54, 1.807) is 0 Å². The SMILES string of the molecule is O=C1OCC(CC(F)(F)C(F)(F)OC(F)F)O1. The summed E-state index contributed by atoms with van der Waals surface area (Å²) in [6.45, 7) is -4.71. The number of ether oxygens (including phenoxy) is 3. The maximum Gasteiger partial charge on any atom is 0.508 e. The van der Waals surface area contributed by atoms with E-state index in [4.69, 9.17) is 0 Å². The van der Waals surface area contributed by atoms with Crippen LogP contribution in [0.1, 0.15) is 6.42 Å². The summed E-state index contributed by atoms with van der Waals surface area (Å²) in [4.78, 5) is 10.3. The molecule has 0 aromatic heterocycles. The van der Waals surface area contributed by atoms with Gasteiger partial charge >= 0.3 is 24.8 Å². The Morgan fingerprint density at radius 3 is 2.35 bits per heavy atom. The van der Waals surface area contributed by atoms with Crippen molar-refractivity contribution in [1.82, 2.24) is 0 Å². The largest absolute Gasteiger partial charge is 0.508 e. The molecule has 0 aromatic carbocycles. The van der Waals surface area contributed by atoms with Crippen molar-refractivity contribution in [2.24, 2.45) is 0 Å². The molecule has 100 valence electrons. The van der Waals surface area contributed by atoms with Crippen molar-refractivity contribution in [1.29, 1.82) is 0 Å². The first kappa shape index (κ1) is 13.9. The molecule has 17 heavy (non-hydrogen) atoms. The van der Waals surface area contributed by atoms with Gasteiger partial charge in [-0.15, -0.1) is 0 Å². The Kier molecular flexibility index (Phi) is 3.74. The number of alkyl halides is 6. The molecule has 0 aromatic rings. The third kappa shape index (κ3) is 3.38. The van der Waals surface area contributed by atoms with Gasteiger partial charge in [-0.3, -0.25) is 4.74 Å². The molecule has 1 saturated heterocycles. The van der Waals surface area contributed by atoms with E-state index in [0.717, 1.165) is 0 Å². The molecule has 0 aliphatic carbocycles. The summed E-state index contributed by atoms with van der Waals surface area (Å²) in [5.74, 6) is -4.91. The van der Waals surface area contributed by atoms with E-state index in [-0.39, 0.29) is 0 Å². The molecule has 1 heterocycles. The second kappa shape index (κ2) is 4.59. The smallest absolute Gasteiger partial charge is 0.430 e. The fourth-order valence-electron chi connectivity index (χ4n) is 1.07. The minimum Gasteiger partial charge on any atom is -0.430 e. The number of hydrogen-bond donors (Lipinski definition) is 0. The molecule has 1 aliphatic heterocycles. The topological polar surface area (TPSA) is 44.8 Å². The molecule has 10 heteroatoms. The van der Waals surface area contributed by atoms with E-state index in [9.17, 15) is 31.1 Å². The molecule has 1 rings (SSSR count). The van der Waals surface area contributed by atoms with Crippen LogP contribution in [0.15, 0.2) is 0 Å². The molecule has 0 saturated carbocycles. The maximum absolute atomic E-state index is 12.9. The Morgan fingerprint density at radius 1 is 1.35 bits per heavy atom. The summed E-state index contributed by atoms with van der Waals surface area (Å²) in [6.07, 6.45) is -9.97. The third-order valence-corrected chi connectivity index (χ3v) is 1.80. The molecule has 0 spiro atoms. The van der Waals surface area contributed by atoms with Crippen LogP contribution in [-0.2, 0) is 14.2 Å². The zero-order valence-electron chi connectivity index (χ0n) is 7.97. The van der Waals surface area contributed by atoms with E-state index in [1.165, 1.54) is 0 Å². The van der Waals surface area contributed by atoms with Crippen LogP contribution in [-0.4, -0.2) is 37.5 Å². The number of halogens is 6. The van der Waals surface area contributed by atoms with Crippen LogP contribution in [0.25, 0.3) is 0 Å². The highest BCUT2D eigenvalue weighted by Crippen LogP contribution is 2.40. The van der Waals surface area contributed by atoms with Crippen LogP contribution in [0, 0.1) is 0 Å². The molecule has 1 fully saturated rings. The maximum atomic E-state index is 12.9. The number of carbonyl (C=O) groups is 1. The van der Waals surface area contributed by atoms with Gasteiger partial charge in [-0.05, 0) is 0 Å². The molecule has 1 aliphatic rings. The molecule has 0 amide bonds. The molecule has 0 bridgehead atoms. The summed E-state index contributed by atoms with van der Waals surface area (Å²) in [5.41, 5.74) is 0. The van der Waals surface area contributed by atoms with E-state index in [2.05, 4.69) is 14.2 Å². The number of carbonyl (C=O) groups excluding carboxylic acids is 1. The standard InChI is InChI=1S/C7H6F6O4/c8-4(9)17-7(12,13)6(10,11)1-3-2-15-5(14)16-3/h3-4H,1-2H2. The van der Waals surface area contributed by atoms with Crippen molar-refractivity contribution in [3.8, 4) is 0 Å². The molecule has 0 radical (unpaired) electrons. The average molecular weight is 268 g/mol. The molecule has 0 N–H and O–H groups in total. The van der Waals surface area contributed by atoms with Gasteiger partial charge in [0.15, 0.2) is 0 Å². The highest BCUT2D eigenvalue weighted by molar-refractivity contribution is 5.61. The lowest BCUT2D eigenvalue weighted by Crippen LogP contribution is -2.46. The van der Waals surface area contributed by atoms with Crippen molar-refractivity contribution in [2.45, 2.75) is 31.2 Å². The Balaban J connectivity index is 2.63. The van der Waals surface area contributed by atoms with Crippen LogP contribution in [0.3, 0.4) is 0 Å². The van der Waals surface area contributed by atoms with Crippen molar-refractivity contribution >= 4 is 6.16 Å². The van der Waals surface area contributed by atoms with Gasteiger partial charge in [0, 0.05) is 0 Å². The fourth-order valence-corrected chi connectivity index (χ4v) is 1.07. The van der Waals surface area contributed by atoms with E-state index in [1.807, 2.05) is 0 Å². The van der Waals surface area contributed by atoms with E-state index < -0.39 is 43.9 Å². The minimum absolute atomic E-state index is 0.654. The zero-order chi connectivity index (χ0) is 13.3. The quantitative estimate of drug-likeness (QED) is 0.567. The Bertz CT molecular complexity index is 294. The second-order valence-corrected chi connectivity index (χ2v) is 3.10. The van der Waals surface area contributed by atoms with Crippen molar-refractivity contribution in [3.63, 3.8) is 0 Å². The van der Waals surface area contributed by atoms with Crippen LogP contribution >= 0.6 is 0 Å². The highest BCUT2D eigenvalue weighted by Gasteiger charge is 2.61. The van der Waals surface area contributed by atoms with Crippen molar-refractivity contribution in [2.75, 3.05) is 6.61 Å². The first-order chi connectivity index (χ1) is 7.64. The predicted octanol–water partition coefficient (Wildman–Crippen LogP) is 2.38. The van der Waals surface area contributed by atoms with Crippen LogP contribution < -0.4 is 0 Å². The molecular formula is C7H6F6O4. The lowest BCUT2D eigenvalue weighted by Gasteiger charge is -2.26. The van der Waals surface area contributed by atoms with Gasteiger partial charge < -0.3 is 9.47 Å². The first-order valence-electron chi connectivity index (χ1n) is 4.19. The number of hydrogen-bond acceptors (Lipinski definition) is 4. The Morgan fingerprint density at radius 2 is 1.94 bits per heavy atom. The molecule has 1 atom stereocenters. The van der Waals surface area contributed by atoms with Crippen molar-refractivity contribution in [3.05, 3.63) is 0 Å². The van der Waals surface area contributed by atoms with Gasteiger partial charge in [0.05, 0.1) is 6.42 Å². The van der Waals surface area contributed by atoms with Gasteiger partial charge in [0.2, 0.25) is 0 Å². The summed E-state index contributed by atoms with van der Waals surface area (Å²) in [7, 11) is 0. The summed E-state index contributed by atoms with van der Waals surface area (Å²) in [5, 5.41) is 0. The van der Waals surface area contributed by atoms with Crippen LogP contribution in [0.5, 0.6) is 0 Å². The van der Waals surface area contributed by atoms with Gasteiger partial charge in [-0.25, -0.2) is 4.79 Å². The fraction of sp³-hybridized carbons (Fsp3) is 0.857. The van der Waals surface area contributed by atoms with Gasteiger partial charge in [0.1, 0.15) is 12.7 Å². The van der Waals surface area contributed by atoms with Gasteiger partial charge in [-0.1, -0.05) is 0 Å².